The Kier molecular flexibility index (Phi) is 5.63. The molecule has 0 saturated carbocycles. The van der Waals surface area contributed by atoms with E-state index in [9.17, 15) is 14.4 Å². The van der Waals surface area contributed by atoms with Gasteiger partial charge in [0.2, 0.25) is 5.91 Å². The third-order valence-corrected chi connectivity index (χ3v) is 5.47. The monoisotopic (exact) mass is 362 g/mol. The first kappa shape index (κ1) is 17.8. The highest BCUT2D eigenvalue weighted by atomic mass is 32.2. The second-order valence-corrected chi connectivity index (χ2v) is 7.35. The van der Waals surface area contributed by atoms with Crippen LogP contribution in [-0.4, -0.2) is 47.6 Å². The van der Waals surface area contributed by atoms with Gasteiger partial charge in [0.25, 0.3) is 5.91 Å². The van der Waals surface area contributed by atoms with Gasteiger partial charge in [-0.3, -0.25) is 9.59 Å². The molecule has 1 atom stereocenters. The maximum atomic E-state index is 12.5. The molecule has 1 fully saturated rings. The van der Waals surface area contributed by atoms with Crippen molar-refractivity contribution in [2.24, 2.45) is 0 Å². The second kappa shape index (κ2) is 7.91. The highest BCUT2D eigenvalue weighted by molar-refractivity contribution is 8.00. The van der Waals surface area contributed by atoms with Gasteiger partial charge in [-0.25, -0.2) is 4.79 Å². The Balaban J connectivity index is 1.64. The lowest BCUT2D eigenvalue weighted by Crippen LogP contribution is -2.40. The first-order valence-electron chi connectivity index (χ1n) is 8.61. The number of thioether (sulfide) groups is 1. The lowest BCUT2D eigenvalue weighted by molar-refractivity contribution is -0.139. The quantitative estimate of drug-likeness (QED) is 0.837. The average Bonchev–Trinajstić information content (AvgIpc) is 2.89. The van der Waals surface area contributed by atoms with E-state index in [0.717, 1.165) is 43.7 Å². The molecule has 0 unspecified atom stereocenters. The minimum absolute atomic E-state index is 0.0901. The van der Waals surface area contributed by atoms with Crippen LogP contribution in [0.15, 0.2) is 23.1 Å². The number of fused-ring (bicyclic) bond motifs is 1. The minimum Gasteiger partial charge on any atom is -0.449 e. The molecular formula is C18H22N2O4S. The number of benzene rings is 1. The van der Waals surface area contributed by atoms with Crippen LogP contribution in [0.25, 0.3) is 0 Å². The molecule has 6 nitrogen and oxygen atoms in total. The molecule has 2 aliphatic heterocycles. The predicted octanol–water partition coefficient (Wildman–Crippen LogP) is 2.68. The van der Waals surface area contributed by atoms with Crippen molar-refractivity contribution >= 4 is 35.2 Å². The Morgan fingerprint density at radius 2 is 1.92 bits per heavy atom. The summed E-state index contributed by atoms with van der Waals surface area (Å²) in [4.78, 5) is 39.0. The summed E-state index contributed by atoms with van der Waals surface area (Å²) in [6, 6.07) is 5.05. The number of likely N-dealkylation sites (tertiary alicyclic amines) is 1. The van der Waals surface area contributed by atoms with E-state index >= 15 is 0 Å². The molecule has 2 aliphatic rings. The number of amides is 2. The van der Waals surface area contributed by atoms with Gasteiger partial charge in [-0.2, -0.15) is 0 Å². The largest absolute Gasteiger partial charge is 0.449 e. The Hall–Kier alpha value is -2.02. The van der Waals surface area contributed by atoms with Crippen LogP contribution in [-0.2, 0) is 14.3 Å². The van der Waals surface area contributed by atoms with E-state index in [2.05, 4.69) is 5.32 Å². The van der Waals surface area contributed by atoms with Crippen LogP contribution in [0.3, 0.4) is 0 Å². The zero-order valence-corrected chi connectivity index (χ0v) is 15.1. The summed E-state index contributed by atoms with van der Waals surface area (Å²) in [5.41, 5.74) is 0.944. The number of hydrogen-bond donors (Lipinski definition) is 1. The Bertz CT molecular complexity index is 684. The van der Waals surface area contributed by atoms with Crippen molar-refractivity contribution in [1.29, 1.82) is 0 Å². The molecule has 0 radical (unpaired) electrons. The topological polar surface area (TPSA) is 75.7 Å². The van der Waals surface area contributed by atoms with Crippen molar-refractivity contribution in [3.8, 4) is 0 Å². The number of rotatable bonds is 3. The lowest BCUT2D eigenvalue weighted by atomic mass is 10.2. The summed E-state index contributed by atoms with van der Waals surface area (Å²) >= 11 is 1.43. The summed E-state index contributed by atoms with van der Waals surface area (Å²) < 4.78 is 5.36. The second-order valence-electron chi connectivity index (χ2n) is 6.33. The molecule has 134 valence electrons. The molecule has 7 heteroatoms. The van der Waals surface area contributed by atoms with E-state index in [-0.39, 0.29) is 11.8 Å². The molecule has 1 N–H and O–H groups in total. The molecular weight excluding hydrogens is 340 g/mol. The molecule has 2 amide bonds. The van der Waals surface area contributed by atoms with Gasteiger partial charge in [0, 0.05) is 18.0 Å². The van der Waals surface area contributed by atoms with Crippen LogP contribution in [0, 0.1) is 0 Å². The van der Waals surface area contributed by atoms with Crippen LogP contribution in [0.1, 0.15) is 43.0 Å². The zero-order valence-electron chi connectivity index (χ0n) is 14.2. The van der Waals surface area contributed by atoms with E-state index in [1.165, 1.54) is 11.8 Å². The fourth-order valence-corrected chi connectivity index (χ4v) is 3.83. The highest BCUT2D eigenvalue weighted by Gasteiger charge is 2.25. The van der Waals surface area contributed by atoms with E-state index in [1.54, 1.807) is 30.0 Å². The Morgan fingerprint density at radius 3 is 2.64 bits per heavy atom. The molecule has 0 aliphatic carbocycles. The van der Waals surface area contributed by atoms with Crippen LogP contribution in [0.2, 0.25) is 0 Å². The van der Waals surface area contributed by atoms with E-state index in [0.29, 0.717) is 17.0 Å². The third-order valence-electron chi connectivity index (χ3n) is 4.40. The van der Waals surface area contributed by atoms with Gasteiger partial charge < -0.3 is 15.0 Å². The number of esters is 1. The molecule has 2 heterocycles. The number of nitrogens with one attached hydrogen (secondary N) is 1. The predicted molar refractivity (Wildman–Crippen MR) is 95.7 cm³/mol. The van der Waals surface area contributed by atoms with Gasteiger partial charge >= 0.3 is 5.97 Å². The van der Waals surface area contributed by atoms with Gasteiger partial charge in [0.15, 0.2) is 6.10 Å². The van der Waals surface area contributed by atoms with Crippen LogP contribution >= 0.6 is 11.8 Å². The van der Waals surface area contributed by atoms with Crippen LogP contribution in [0.4, 0.5) is 5.69 Å². The maximum absolute atomic E-state index is 12.5. The molecule has 1 aromatic carbocycles. The molecule has 25 heavy (non-hydrogen) atoms. The molecule has 1 aromatic rings. The summed E-state index contributed by atoms with van der Waals surface area (Å²) in [6.45, 7) is 3.06. The number of nitrogens with zero attached hydrogens (tertiary/aromatic N) is 1. The smallest absolute Gasteiger partial charge is 0.338 e. The molecule has 0 aromatic heterocycles. The van der Waals surface area contributed by atoms with Crippen molar-refractivity contribution in [2.75, 3.05) is 24.2 Å². The minimum atomic E-state index is -0.814. The number of hydrogen-bond acceptors (Lipinski definition) is 5. The fourth-order valence-electron chi connectivity index (χ4n) is 3.04. The number of carbonyl (C=O) groups is 3. The molecule has 1 saturated heterocycles. The van der Waals surface area contributed by atoms with Crippen molar-refractivity contribution in [3.05, 3.63) is 23.8 Å². The Morgan fingerprint density at radius 1 is 1.20 bits per heavy atom. The maximum Gasteiger partial charge on any atom is 0.338 e. The first-order chi connectivity index (χ1) is 12.0. The lowest BCUT2D eigenvalue weighted by Gasteiger charge is -2.24. The van der Waals surface area contributed by atoms with E-state index in [1.807, 2.05) is 0 Å². The van der Waals surface area contributed by atoms with E-state index < -0.39 is 12.1 Å². The van der Waals surface area contributed by atoms with Crippen LogP contribution < -0.4 is 5.32 Å². The van der Waals surface area contributed by atoms with Crippen molar-refractivity contribution in [3.63, 3.8) is 0 Å². The first-order valence-corrected chi connectivity index (χ1v) is 9.59. The Labute approximate surface area is 151 Å². The fraction of sp³-hybridized carbons (Fsp3) is 0.500. The normalized spacial score (nSPS) is 18.6. The number of anilines is 1. The standard InChI is InChI=1S/C18H22N2O4S/c1-12(17(22)20-8-4-2-3-5-9-20)24-18(23)13-6-7-15-14(10-13)19-16(21)11-25-15/h6-7,10,12H,2-5,8-9,11H2,1H3,(H,19,21)/t12-/m1/s1. The van der Waals surface area contributed by atoms with Crippen molar-refractivity contribution in [1.82, 2.24) is 4.90 Å². The molecule has 3 rings (SSSR count). The van der Waals surface area contributed by atoms with Gasteiger partial charge in [0.05, 0.1) is 17.0 Å². The van der Waals surface area contributed by atoms with Gasteiger partial charge in [0.1, 0.15) is 0 Å². The average molecular weight is 362 g/mol. The third kappa shape index (κ3) is 4.34. The molecule has 0 spiro atoms. The summed E-state index contributed by atoms with van der Waals surface area (Å²) in [5, 5.41) is 2.75. The van der Waals surface area contributed by atoms with Gasteiger partial charge in [-0.1, -0.05) is 12.8 Å². The van der Waals surface area contributed by atoms with Crippen molar-refractivity contribution < 1.29 is 19.1 Å². The number of carbonyl (C=O) groups excluding carboxylic acids is 3. The zero-order chi connectivity index (χ0) is 17.8. The van der Waals surface area contributed by atoms with Crippen LogP contribution in [0.5, 0.6) is 0 Å². The SMILES string of the molecule is C[C@@H](OC(=O)c1ccc2c(c1)NC(=O)CS2)C(=O)N1CCCCCC1. The summed E-state index contributed by atoms with van der Waals surface area (Å²) in [7, 11) is 0. The number of ether oxygens (including phenoxy) is 1. The van der Waals surface area contributed by atoms with Gasteiger partial charge in [-0.15, -0.1) is 11.8 Å². The highest BCUT2D eigenvalue weighted by Crippen LogP contribution is 2.32. The van der Waals surface area contributed by atoms with E-state index in [4.69, 9.17) is 4.74 Å². The summed E-state index contributed by atoms with van der Waals surface area (Å²) in [5.74, 6) is -0.411. The summed E-state index contributed by atoms with van der Waals surface area (Å²) in [6.07, 6.45) is 3.45. The van der Waals surface area contributed by atoms with Crippen molar-refractivity contribution in [2.45, 2.75) is 43.6 Å². The molecule has 0 bridgehead atoms. The van der Waals surface area contributed by atoms with Gasteiger partial charge in [-0.05, 0) is 38.0 Å².